The van der Waals surface area contributed by atoms with E-state index in [2.05, 4.69) is 78.0 Å². The molecule has 29 heavy (non-hydrogen) atoms. The molecule has 0 amide bonds. The number of fused-ring (bicyclic) bond motifs is 1. The lowest BCUT2D eigenvalue weighted by Crippen LogP contribution is -2.03. The van der Waals surface area contributed by atoms with Crippen LogP contribution in [0, 0.1) is 27.7 Å². The molecule has 0 nitrogen and oxygen atoms in total. The highest BCUT2D eigenvalue weighted by Gasteiger charge is 2.15. The first-order chi connectivity index (χ1) is 13.9. The lowest BCUT2D eigenvalue weighted by molar-refractivity contribution is 0.991. The minimum absolute atomic E-state index is 1.11. The molecule has 3 rings (SSSR count). The Hall–Kier alpha value is -2.08. The summed E-state index contributed by atoms with van der Waals surface area (Å²) in [6.07, 6.45) is 8.18. The molecule has 0 saturated heterocycles. The predicted octanol–water partition coefficient (Wildman–Crippen LogP) is 9.27. The zero-order valence-corrected chi connectivity index (χ0v) is 20.6. The Balaban J connectivity index is 0.000000989. The minimum Gasteiger partial charge on any atom is -0.0730 e. The van der Waals surface area contributed by atoms with E-state index in [1.165, 1.54) is 55.7 Å². The van der Waals surface area contributed by atoms with Gasteiger partial charge in [0.25, 0.3) is 0 Å². The fourth-order valence-electron chi connectivity index (χ4n) is 3.81. The summed E-state index contributed by atoms with van der Waals surface area (Å²) in [5.74, 6) is 0. The van der Waals surface area contributed by atoms with Crippen LogP contribution in [0.25, 0.3) is 17.7 Å². The van der Waals surface area contributed by atoms with Gasteiger partial charge in [0.05, 0.1) is 0 Å². The van der Waals surface area contributed by atoms with Gasteiger partial charge in [-0.1, -0.05) is 76.1 Å². The van der Waals surface area contributed by atoms with Crippen molar-refractivity contribution < 1.29 is 0 Å². The van der Waals surface area contributed by atoms with Gasteiger partial charge in [-0.2, -0.15) is 0 Å². The third-order valence-electron chi connectivity index (χ3n) is 5.64. The maximum atomic E-state index is 2.43. The monoisotopic (exact) mass is 390 g/mol. The van der Waals surface area contributed by atoms with Crippen LogP contribution < -0.4 is 0 Å². The van der Waals surface area contributed by atoms with E-state index in [1.807, 2.05) is 27.7 Å². The van der Waals surface area contributed by atoms with Gasteiger partial charge in [-0.3, -0.25) is 0 Å². The van der Waals surface area contributed by atoms with Gasteiger partial charge in [-0.15, -0.1) is 0 Å². The molecule has 2 aromatic carbocycles. The van der Waals surface area contributed by atoms with E-state index in [4.69, 9.17) is 0 Å². The first-order valence-corrected chi connectivity index (χ1v) is 11.5. The average molecular weight is 391 g/mol. The Morgan fingerprint density at radius 3 is 2.14 bits per heavy atom. The van der Waals surface area contributed by atoms with Gasteiger partial charge in [-0.05, 0) is 104 Å². The van der Waals surface area contributed by atoms with Gasteiger partial charge in [0.1, 0.15) is 0 Å². The third-order valence-corrected chi connectivity index (χ3v) is 5.64. The van der Waals surface area contributed by atoms with Crippen LogP contribution in [0.4, 0.5) is 0 Å². The standard InChI is InChI=1S/C25H30.2C2H6/c1-7-16(2)11-23-14-24(13-18(4)20(23)6)21-8-9-22-12-17(3)10-19(5)25(22)15-21;2*1-2/h10-15H,7-9H2,1-6H3;2*1-2H3/b16-11+;;. The second kappa shape index (κ2) is 11.8. The van der Waals surface area contributed by atoms with Crippen LogP contribution in [-0.2, 0) is 6.42 Å². The molecular weight excluding hydrogens is 348 g/mol. The topological polar surface area (TPSA) is 0 Å². The number of aryl methyl sites for hydroxylation is 4. The van der Waals surface area contributed by atoms with Crippen LogP contribution in [0.2, 0.25) is 0 Å². The van der Waals surface area contributed by atoms with Crippen molar-refractivity contribution in [3.63, 3.8) is 0 Å². The molecule has 0 saturated carbocycles. The Kier molecular flexibility index (Phi) is 10.2. The highest BCUT2D eigenvalue weighted by Crippen LogP contribution is 2.34. The molecule has 0 N–H and O–H groups in total. The van der Waals surface area contributed by atoms with E-state index in [9.17, 15) is 0 Å². The summed E-state index contributed by atoms with van der Waals surface area (Å²) in [5.41, 5.74) is 14.2. The molecule has 0 aromatic heterocycles. The van der Waals surface area contributed by atoms with E-state index < -0.39 is 0 Å². The van der Waals surface area contributed by atoms with Crippen LogP contribution >= 0.6 is 0 Å². The summed E-state index contributed by atoms with van der Waals surface area (Å²) in [6, 6.07) is 9.42. The van der Waals surface area contributed by atoms with Crippen LogP contribution in [0.5, 0.6) is 0 Å². The maximum absolute atomic E-state index is 2.43. The number of rotatable bonds is 3. The SMILES string of the molecule is CC.CC.CC/C(C)=C/c1cc(C2=Cc3c(C)cc(C)cc3CC2)cc(C)c1C. The van der Waals surface area contributed by atoms with Crippen LogP contribution in [0.15, 0.2) is 29.8 Å². The summed E-state index contributed by atoms with van der Waals surface area (Å²) in [6.45, 7) is 21.4. The Morgan fingerprint density at radius 1 is 0.862 bits per heavy atom. The van der Waals surface area contributed by atoms with Crippen LogP contribution in [0.3, 0.4) is 0 Å². The zero-order chi connectivity index (χ0) is 22.1. The van der Waals surface area contributed by atoms with Crippen LogP contribution in [0.1, 0.15) is 98.9 Å². The first kappa shape index (κ1) is 25.0. The van der Waals surface area contributed by atoms with Gasteiger partial charge in [0.2, 0.25) is 0 Å². The third kappa shape index (κ3) is 6.20. The molecule has 1 aliphatic rings. The summed E-state index contributed by atoms with van der Waals surface area (Å²) in [7, 11) is 0. The minimum atomic E-state index is 1.11. The molecule has 0 atom stereocenters. The fourth-order valence-corrected chi connectivity index (χ4v) is 3.81. The van der Waals surface area contributed by atoms with E-state index in [-0.39, 0.29) is 0 Å². The Labute approximate surface area is 180 Å². The molecule has 0 heteroatoms. The predicted molar refractivity (Wildman–Crippen MR) is 135 cm³/mol. The van der Waals surface area contributed by atoms with Gasteiger partial charge in [-0.25, -0.2) is 0 Å². The van der Waals surface area contributed by atoms with Crippen molar-refractivity contribution in [2.24, 2.45) is 0 Å². The lowest BCUT2D eigenvalue weighted by atomic mass is 9.84. The number of hydrogen-bond donors (Lipinski definition) is 0. The van der Waals surface area contributed by atoms with Crippen molar-refractivity contribution in [2.45, 2.75) is 88.5 Å². The molecule has 0 heterocycles. The Morgan fingerprint density at radius 2 is 1.52 bits per heavy atom. The molecule has 0 radical (unpaired) electrons. The van der Waals surface area contributed by atoms with E-state index in [0.29, 0.717) is 0 Å². The normalized spacial score (nSPS) is 12.8. The molecule has 0 bridgehead atoms. The quantitative estimate of drug-likeness (QED) is 0.490. The highest BCUT2D eigenvalue weighted by molar-refractivity contribution is 5.86. The van der Waals surface area contributed by atoms with Crippen molar-refractivity contribution >= 4 is 17.7 Å². The summed E-state index contributed by atoms with van der Waals surface area (Å²) in [4.78, 5) is 0. The molecule has 0 fully saturated rings. The average Bonchev–Trinajstić information content (AvgIpc) is 2.73. The van der Waals surface area contributed by atoms with Crippen LogP contribution in [-0.4, -0.2) is 0 Å². The number of benzene rings is 2. The van der Waals surface area contributed by atoms with Gasteiger partial charge < -0.3 is 0 Å². The second-order valence-electron chi connectivity index (χ2n) is 7.68. The van der Waals surface area contributed by atoms with E-state index in [1.54, 1.807) is 0 Å². The van der Waals surface area contributed by atoms with E-state index >= 15 is 0 Å². The van der Waals surface area contributed by atoms with Crippen molar-refractivity contribution in [1.82, 2.24) is 0 Å². The largest absolute Gasteiger partial charge is 0.0730 e. The summed E-state index contributed by atoms with van der Waals surface area (Å²) in [5, 5.41) is 0. The molecule has 2 aromatic rings. The molecule has 0 unspecified atom stereocenters. The number of hydrogen-bond acceptors (Lipinski definition) is 0. The zero-order valence-electron chi connectivity index (χ0n) is 20.6. The highest BCUT2D eigenvalue weighted by atomic mass is 14.2. The second-order valence-corrected chi connectivity index (χ2v) is 7.68. The first-order valence-electron chi connectivity index (χ1n) is 11.5. The summed E-state index contributed by atoms with van der Waals surface area (Å²) >= 11 is 0. The molecular formula is C29H42. The fraction of sp³-hybridized carbons (Fsp3) is 0.448. The smallest absolute Gasteiger partial charge is 0.0192 e. The van der Waals surface area contributed by atoms with E-state index in [0.717, 1.165) is 19.3 Å². The van der Waals surface area contributed by atoms with Gasteiger partial charge in [0, 0.05) is 0 Å². The molecule has 0 spiro atoms. The van der Waals surface area contributed by atoms with Crippen molar-refractivity contribution in [3.8, 4) is 0 Å². The van der Waals surface area contributed by atoms with Crippen molar-refractivity contribution in [2.75, 3.05) is 0 Å². The molecule has 158 valence electrons. The number of allylic oxidation sites excluding steroid dienone is 2. The Bertz CT molecular complexity index is 875. The maximum Gasteiger partial charge on any atom is -0.0192 e. The molecule has 0 aliphatic heterocycles. The summed E-state index contributed by atoms with van der Waals surface area (Å²) < 4.78 is 0. The van der Waals surface area contributed by atoms with Crippen molar-refractivity contribution in [1.29, 1.82) is 0 Å². The molecule has 1 aliphatic carbocycles. The van der Waals surface area contributed by atoms with Gasteiger partial charge >= 0.3 is 0 Å². The van der Waals surface area contributed by atoms with Crippen molar-refractivity contribution in [3.05, 3.63) is 74.3 Å². The van der Waals surface area contributed by atoms with Gasteiger partial charge in [0.15, 0.2) is 0 Å². The lowest BCUT2D eigenvalue weighted by Gasteiger charge is -2.21.